The van der Waals surface area contributed by atoms with Crippen molar-refractivity contribution in [2.45, 2.75) is 6.42 Å². The molecule has 0 fully saturated rings. The van der Waals surface area contributed by atoms with Crippen molar-refractivity contribution >= 4 is 5.91 Å². The molecule has 1 amide bonds. The minimum atomic E-state index is -0.577. The largest absolute Gasteiger partial charge is 0.497 e. The Balaban J connectivity index is 1.73. The summed E-state index contributed by atoms with van der Waals surface area (Å²) in [5.41, 5.74) is 3.63. The highest BCUT2D eigenvalue weighted by Gasteiger charge is 2.11. The molecule has 1 aromatic heterocycles. The standard InChI is InChI=1S/C17H15N3O4/c1-23-14-8-2-11(3-9-14)10-15-18-19-17(24-15)13-6-4-12(5-7-13)16(21)20-22/h2-9,22H,10H2,1H3,(H,20,21). The van der Waals surface area contributed by atoms with E-state index >= 15 is 0 Å². The highest BCUT2D eigenvalue weighted by molar-refractivity contribution is 5.93. The van der Waals surface area contributed by atoms with Crippen LogP contribution in [0.2, 0.25) is 0 Å². The lowest BCUT2D eigenvalue weighted by atomic mass is 10.1. The van der Waals surface area contributed by atoms with Crippen molar-refractivity contribution < 1.29 is 19.2 Å². The van der Waals surface area contributed by atoms with Crippen molar-refractivity contribution in [1.29, 1.82) is 0 Å². The fourth-order valence-electron chi connectivity index (χ4n) is 2.19. The van der Waals surface area contributed by atoms with E-state index in [0.29, 0.717) is 29.3 Å². The van der Waals surface area contributed by atoms with E-state index in [1.807, 2.05) is 24.3 Å². The normalized spacial score (nSPS) is 10.4. The van der Waals surface area contributed by atoms with Crippen LogP contribution in [0.5, 0.6) is 5.75 Å². The van der Waals surface area contributed by atoms with Crippen LogP contribution < -0.4 is 10.2 Å². The molecular formula is C17H15N3O4. The summed E-state index contributed by atoms with van der Waals surface area (Å²) in [4.78, 5) is 11.3. The maximum Gasteiger partial charge on any atom is 0.274 e. The predicted molar refractivity (Wildman–Crippen MR) is 84.8 cm³/mol. The van der Waals surface area contributed by atoms with Crippen LogP contribution in [0.25, 0.3) is 11.5 Å². The molecule has 0 spiro atoms. The maximum absolute atomic E-state index is 11.3. The van der Waals surface area contributed by atoms with Gasteiger partial charge in [-0.1, -0.05) is 12.1 Å². The Kier molecular flexibility index (Phi) is 4.53. The molecule has 0 aliphatic carbocycles. The number of rotatable bonds is 5. The average molecular weight is 325 g/mol. The first kappa shape index (κ1) is 15.7. The quantitative estimate of drug-likeness (QED) is 0.552. The number of benzene rings is 2. The van der Waals surface area contributed by atoms with Gasteiger partial charge in [-0.05, 0) is 42.0 Å². The Bertz CT molecular complexity index is 826. The van der Waals surface area contributed by atoms with Gasteiger partial charge in [-0.2, -0.15) is 0 Å². The van der Waals surface area contributed by atoms with Gasteiger partial charge in [0, 0.05) is 11.1 Å². The van der Waals surface area contributed by atoms with Gasteiger partial charge in [-0.3, -0.25) is 10.0 Å². The second-order valence-corrected chi connectivity index (χ2v) is 5.04. The number of nitrogens with zero attached hydrogens (tertiary/aromatic N) is 2. The first-order valence-electron chi connectivity index (χ1n) is 7.20. The van der Waals surface area contributed by atoms with Gasteiger partial charge in [-0.25, -0.2) is 5.48 Å². The second-order valence-electron chi connectivity index (χ2n) is 5.04. The number of hydrogen-bond donors (Lipinski definition) is 2. The molecule has 3 aromatic rings. The van der Waals surface area contributed by atoms with Gasteiger partial charge in [0.05, 0.1) is 13.5 Å². The molecule has 0 unspecified atom stereocenters. The molecule has 7 nitrogen and oxygen atoms in total. The zero-order valence-corrected chi connectivity index (χ0v) is 12.9. The highest BCUT2D eigenvalue weighted by atomic mass is 16.5. The van der Waals surface area contributed by atoms with Crippen LogP contribution in [0.1, 0.15) is 21.8 Å². The molecule has 0 aliphatic rings. The molecule has 0 radical (unpaired) electrons. The minimum Gasteiger partial charge on any atom is -0.497 e. The molecule has 0 bridgehead atoms. The van der Waals surface area contributed by atoms with Crippen LogP contribution in [0, 0.1) is 0 Å². The van der Waals surface area contributed by atoms with E-state index in [-0.39, 0.29) is 0 Å². The van der Waals surface area contributed by atoms with E-state index in [0.717, 1.165) is 11.3 Å². The Labute approximate surface area is 137 Å². The number of amides is 1. The highest BCUT2D eigenvalue weighted by Crippen LogP contribution is 2.20. The van der Waals surface area contributed by atoms with Crippen LogP contribution >= 0.6 is 0 Å². The fourth-order valence-corrected chi connectivity index (χ4v) is 2.19. The summed E-state index contributed by atoms with van der Waals surface area (Å²) in [6, 6.07) is 14.1. The van der Waals surface area contributed by atoms with Crippen molar-refractivity contribution in [3.05, 3.63) is 65.5 Å². The van der Waals surface area contributed by atoms with Gasteiger partial charge in [0.15, 0.2) is 0 Å². The number of methoxy groups -OCH3 is 1. The van der Waals surface area contributed by atoms with E-state index in [1.165, 1.54) is 0 Å². The molecule has 0 aliphatic heterocycles. The lowest BCUT2D eigenvalue weighted by molar-refractivity contribution is 0.0706. The van der Waals surface area contributed by atoms with Crippen molar-refractivity contribution in [2.24, 2.45) is 0 Å². The SMILES string of the molecule is COc1ccc(Cc2nnc(-c3ccc(C(=O)NO)cc3)o2)cc1. The van der Waals surface area contributed by atoms with Gasteiger partial charge in [0.1, 0.15) is 5.75 Å². The van der Waals surface area contributed by atoms with Crippen LogP contribution in [0.15, 0.2) is 52.9 Å². The van der Waals surface area contributed by atoms with Crippen LogP contribution in [0.4, 0.5) is 0 Å². The molecule has 2 N–H and O–H groups in total. The molecule has 3 rings (SSSR count). The third-order valence-electron chi connectivity index (χ3n) is 3.48. The summed E-state index contributed by atoms with van der Waals surface area (Å²) in [7, 11) is 1.62. The van der Waals surface area contributed by atoms with Crippen molar-refractivity contribution in [3.8, 4) is 17.2 Å². The van der Waals surface area contributed by atoms with E-state index in [1.54, 1.807) is 36.9 Å². The van der Waals surface area contributed by atoms with Crippen molar-refractivity contribution in [1.82, 2.24) is 15.7 Å². The Hall–Kier alpha value is -3.19. The van der Waals surface area contributed by atoms with E-state index in [2.05, 4.69) is 10.2 Å². The zero-order chi connectivity index (χ0) is 16.9. The zero-order valence-electron chi connectivity index (χ0n) is 12.9. The van der Waals surface area contributed by atoms with Gasteiger partial charge in [0.25, 0.3) is 5.91 Å². The van der Waals surface area contributed by atoms with Gasteiger partial charge in [-0.15, -0.1) is 10.2 Å². The molecule has 1 heterocycles. The summed E-state index contributed by atoms with van der Waals surface area (Å²) in [6.07, 6.45) is 0.516. The van der Waals surface area contributed by atoms with E-state index in [4.69, 9.17) is 14.4 Å². The number of aromatic nitrogens is 2. The van der Waals surface area contributed by atoms with Crippen LogP contribution in [0.3, 0.4) is 0 Å². The third-order valence-corrected chi connectivity index (χ3v) is 3.48. The number of hydroxylamine groups is 1. The van der Waals surface area contributed by atoms with Gasteiger partial charge < -0.3 is 9.15 Å². The van der Waals surface area contributed by atoms with E-state index in [9.17, 15) is 4.79 Å². The first-order chi connectivity index (χ1) is 11.7. The van der Waals surface area contributed by atoms with Crippen molar-refractivity contribution in [2.75, 3.05) is 7.11 Å². The minimum absolute atomic E-state index is 0.333. The maximum atomic E-state index is 11.3. The molecule has 24 heavy (non-hydrogen) atoms. The third kappa shape index (κ3) is 3.41. The molecule has 122 valence electrons. The molecule has 0 atom stereocenters. The van der Waals surface area contributed by atoms with Gasteiger partial charge >= 0.3 is 0 Å². The Morgan fingerprint density at radius 2 is 1.83 bits per heavy atom. The monoisotopic (exact) mass is 325 g/mol. The second kappa shape index (κ2) is 6.93. The van der Waals surface area contributed by atoms with E-state index < -0.39 is 5.91 Å². The van der Waals surface area contributed by atoms with Crippen molar-refractivity contribution in [3.63, 3.8) is 0 Å². The summed E-state index contributed by atoms with van der Waals surface area (Å²) in [5, 5.41) is 16.7. The summed E-state index contributed by atoms with van der Waals surface area (Å²) < 4.78 is 10.8. The summed E-state index contributed by atoms with van der Waals surface area (Å²) >= 11 is 0. The number of hydrogen-bond acceptors (Lipinski definition) is 6. The number of ether oxygens (including phenoxy) is 1. The topological polar surface area (TPSA) is 97.5 Å². The van der Waals surface area contributed by atoms with Gasteiger partial charge in [0.2, 0.25) is 11.8 Å². The number of nitrogens with one attached hydrogen (secondary N) is 1. The number of carbonyl (C=O) groups excluding carboxylic acids is 1. The molecule has 0 saturated carbocycles. The Morgan fingerprint density at radius 1 is 1.12 bits per heavy atom. The molecular weight excluding hydrogens is 310 g/mol. The molecule has 7 heteroatoms. The Morgan fingerprint density at radius 3 is 2.46 bits per heavy atom. The smallest absolute Gasteiger partial charge is 0.274 e. The lowest BCUT2D eigenvalue weighted by Gasteiger charge is -2.01. The summed E-state index contributed by atoms with van der Waals surface area (Å²) in [6.45, 7) is 0. The fraction of sp³-hybridized carbons (Fsp3) is 0.118. The number of carbonyl (C=O) groups is 1. The lowest BCUT2D eigenvalue weighted by Crippen LogP contribution is -2.18. The van der Waals surface area contributed by atoms with Crippen LogP contribution in [-0.2, 0) is 6.42 Å². The first-order valence-corrected chi connectivity index (χ1v) is 7.20. The summed E-state index contributed by atoms with van der Waals surface area (Å²) in [5.74, 6) is 1.08. The van der Waals surface area contributed by atoms with Crippen LogP contribution in [-0.4, -0.2) is 28.4 Å². The molecule has 0 saturated heterocycles. The predicted octanol–water partition coefficient (Wildman–Crippen LogP) is 2.46. The molecule has 2 aromatic carbocycles. The average Bonchev–Trinajstić information content (AvgIpc) is 3.10.